The van der Waals surface area contributed by atoms with Crippen molar-refractivity contribution in [2.24, 2.45) is 4.99 Å². The summed E-state index contributed by atoms with van der Waals surface area (Å²) in [5.74, 6) is -0.537. The summed E-state index contributed by atoms with van der Waals surface area (Å²) in [5, 5.41) is 2.61. The number of nitrogens with zero attached hydrogens (tertiary/aromatic N) is 2. The number of aromatic nitrogens is 1. The quantitative estimate of drug-likeness (QED) is 0.418. The molecule has 0 fully saturated rings. The van der Waals surface area contributed by atoms with Crippen LogP contribution in [0.5, 0.6) is 0 Å². The highest BCUT2D eigenvalue weighted by atomic mass is 35.5. The molecule has 0 aliphatic carbocycles. The maximum Gasteiger partial charge on any atom is 0.338 e. The van der Waals surface area contributed by atoms with E-state index < -0.39 is 12.0 Å². The molecule has 1 aliphatic heterocycles. The van der Waals surface area contributed by atoms with Crippen LogP contribution in [0.15, 0.2) is 87.8 Å². The molecule has 3 aromatic carbocycles. The average Bonchev–Trinajstić information content (AvgIpc) is 3.13. The minimum atomic E-state index is -0.725. The molecule has 0 saturated heterocycles. The molecule has 0 N–H and O–H groups in total. The van der Waals surface area contributed by atoms with E-state index in [-0.39, 0.29) is 5.56 Å². The van der Waals surface area contributed by atoms with Gasteiger partial charge in [-0.05, 0) is 41.0 Å². The Hall–Kier alpha value is -3.48. The van der Waals surface area contributed by atoms with Crippen LogP contribution in [0.2, 0.25) is 5.02 Å². The molecular weight excluding hydrogens is 456 g/mol. The second-order valence-electron chi connectivity index (χ2n) is 7.66. The van der Waals surface area contributed by atoms with Crippen LogP contribution in [-0.2, 0) is 9.53 Å². The maximum atomic E-state index is 13.7. The number of methoxy groups -OCH3 is 1. The minimum absolute atomic E-state index is 0.231. The first-order valence-electron chi connectivity index (χ1n) is 10.3. The summed E-state index contributed by atoms with van der Waals surface area (Å²) in [6.07, 6.45) is 1.88. The van der Waals surface area contributed by atoms with Crippen molar-refractivity contribution in [3.8, 4) is 0 Å². The van der Waals surface area contributed by atoms with Gasteiger partial charge in [-0.1, -0.05) is 83.6 Å². The minimum Gasteiger partial charge on any atom is -0.466 e. The first-order chi connectivity index (χ1) is 16.0. The largest absolute Gasteiger partial charge is 0.466 e. The number of carbonyl (C=O) groups excluding carboxylic acids is 1. The van der Waals surface area contributed by atoms with Gasteiger partial charge >= 0.3 is 5.97 Å². The fourth-order valence-electron chi connectivity index (χ4n) is 4.20. The van der Waals surface area contributed by atoms with Crippen molar-refractivity contribution in [3.05, 3.63) is 114 Å². The van der Waals surface area contributed by atoms with Crippen molar-refractivity contribution in [1.29, 1.82) is 0 Å². The molecular formula is C26H19ClN2O3S. The van der Waals surface area contributed by atoms with E-state index in [1.54, 1.807) is 17.6 Å². The van der Waals surface area contributed by atoms with Crippen LogP contribution in [0.25, 0.3) is 16.8 Å². The fraction of sp³-hybridized carbons (Fsp3) is 0.115. The summed E-state index contributed by atoms with van der Waals surface area (Å²) in [4.78, 5) is 31.5. The predicted molar refractivity (Wildman–Crippen MR) is 131 cm³/mol. The molecule has 5 rings (SSSR count). The Kier molecular flexibility index (Phi) is 5.48. The van der Waals surface area contributed by atoms with Gasteiger partial charge in [-0.25, -0.2) is 9.79 Å². The lowest BCUT2D eigenvalue weighted by molar-refractivity contribution is -0.136. The highest BCUT2D eigenvalue weighted by molar-refractivity contribution is 7.07. The van der Waals surface area contributed by atoms with Gasteiger partial charge in [0.15, 0.2) is 4.80 Å². The van der Waals surface area contributed by atoms with E-state index in [1.807, 2.05) is 66.7 Å². The van der Waals surface area contributed by atoms with Gasteiger partial charge < -0.3 is 4.74 Å². The van der Waals surface area contributed by atoms with Gasteiger partial charge in [-0.3, -0.25) is 9.36 Å². The smallest absolute Gasteiger partial charge is 0.338 e. The zero-order valence-corrected chi connectivity index (χ0v) is 19.5. The molecule has 5 nitrogen and oxygen atoms in total. The van der Waals surface area contributed by atoms with Gasteiger partial charge in [0.1, 0.15) is 6.04 Å². The van der Waals surface area contributed by atoms with Crippen molar-refractivity contribution < 1.29 is 9.53 Å². The maximum absolute atomic E-state index is 13.7. The number of fused-ring (bicyclic) bond motifs is 2. The molecule has 1 aromatic heterocycles. The monoisotopic (exact) mass is 474 g/mol. The highest BCUT2D eigenvalue weighted by Crippen LogP contribution is 2.34. The second kappa shape index (κ2) is 8.46. The number of ether oxygens (including phenoxy) is 1. The Morgan fingerprint density at radius 2 is 1.82 bits per heavy atom. The van der Waals surface area contributed by atoms with E-state index in [0.29, 0.717) is 31.2 Å². The zero-order valence-electron chi connectivity index (χ0n) is 17.9. The van der Waals surface area contributed by atoms with Crippen molar-refractivity contribution in [3.63, 3.8) is 0 Å². The summed E-state index contributed by atoms with van der Waals surface area (Å²) in [6.45, 7) is 1.75. The standard InChI is InChI=1S/C26H19ClN2O3S/c1-15-22(25(31)32-2)23(19-12-5-6-13-20(19)27)29-24(30)21(33-26(29)28-15)14-17-10-7-9-16-8-3-4-11-18(16)17/h3-14,23H,1-2H3/t23-/m0/s1. The number of benzene rings is 3. The summed E-state index contributed by atoms with van der Waals surface area (Å²) >= 11 is 7.81. The van der Waals surface area contributed by atoms with Gasteiger partial charge in [-0.15, -0.1) is 0 Å². The second-order valence-corrected chi connectivity index (χ2v) is 9.08. The molecule has 1 atom stereocenters. The molecule has 164 valence electrons. The number of carbonyl (C=O) groups is 1. The third-order valence-electron chi connectivity index (χ3n) is 5.74. The van der Waals surface area contributed by atoms with Gasteiger partial charge in [0, 0.05) is 5.02 Å². The zero-order chi connectivity index (χ0) is 23.1. The lowest BCUT2D eigenvalue weighted by Gasteiger charge is -2.25. The predicted octanol–water partition coefficient (Wildman–Crippen LogP) is 4.21. The van der Waals surface area contributed by atoms with Gasteiger partial charge in [0.2, 0.25) is 0 Å². The number of hydrogen-bond donors (Lipinski definition) is 0. The number of esters is 1. The van der Waals surface area contributed by atoms with Crippen LogP contribution in [-0.4, -0.2) is 17.6 Å². The number of halogens is 1. The Labute approximate surface area is 198 Å². The number of rotatable bonds is 3. The Morgan fingerprint density at radius 3 is 2.61 bits per heavy atom. The third kappa shape index (κ3) is 3.61. The fourth-order valence-corrected chi connectivity index (χ4v) is 5.48. The van der Waals surface area contributed by atoms with E-state index in [4.69, 9.17) is 16.3 Å². The molecule has 7 heteroatoms. The van der Waals surface area contributed by atoms with E-state index in [2.05, 4.69) is 4.99 Å². The number of allylic oxidation sites excluding steroid dienone is 1. The van der Waals surface area contributed by atoms with Crippen LogP contribution >= 0.6 is 22.9 Å². The molecule has 33 heavy (non-hydrogen) atoms. The van der Waals surface area contributed by atoms with Gasteiger partial charge in [0.05, 0.1) is 22.9 Å². The van der Waals surface area contributed by atoms with E-state index >= 15 is 0 Å². The third-order valence-corrected chi connectivity index (χ3v) is 7.06. The van der Waals surface area contributed by atoms with E-state index in [9.17, 15) is 9.59 Å². The SMILES string of the molecule is COC(=O)C1=C(C)N=c2sc(=Cc3cccc4ccccc34)c(=O)n2[C@H]1c1ccccc1Cl. The molecule has 2 heterocycles. The Balaban J connectivity index is 1.79. The number of thiazole rings is 1. The van der Waals surface area contributed by atoms with Crippen LogP contribution in [0, 0.1) is 0 Å². The van der Waals surface area contributed by atoms with E-state index in [1.165, 1.54) is 18.4 Å². The normalized spacial score (nSPS) is 16.0. The molecule has 0 spiro atoms. The first-order valence-corrected chi connectivity index (χ1v) is 11.5. The number of hydrogen-bond acceptors (Lipinski definition) is 5. The summed E-state index contributed by atoms with van der Waals surface area (Å²) in [5.41, 5.74) is 2.16. The molecule has 0 unspecified atom stereocenters. The van der Waals surface area contributed by atoms with Gasteiger partial charge in [0.25, 0.3) is 5.56 Å². The molecule has 0 amide bonds. The van der Waals surface area contributed by atoms with Crippen LogP contribution in [0.1, 0.15) is 24.1 Å². The molecule has 0 saturated carbocycles. The topological polar surface area (TPSA) is 60.7 Å². The van der Waals surface area contributed by atoms with Crippen LogP contribution in [0.3, 0.4) is 0 Å². The Morgan fingerprint density at radius 1 is 1.09 bits per heavy atom. The Bertz CT molecular complexity index is 1630. The lowest BCUT2D eigenvalue weighted by Crippen LogP contribution is -2.39. The van der Waals surface area contributed by atoms with Crippen LogP contribution < -0.4 is 14.9 Å². The molecule has 4 aromatic rings. The highest BCUT2D eigenvalue weighted by Gasteiger charge is 2.34. The van der Waals surface area contributed by atoms with Crippen molar-refractivity contribution in [1.82, 2.24) is 4.57 Å². The first kappa shape index (κ1) is 21.4. The molecule has 1 aliphatic rings. The van der Waals surface area contributed by atoms with Crippen LogP contribution in [0.4, 0.5) is 0 Å². The molecule has 0 bridgehead atoms. The van der Waals surface area contributed by atoms with Crippen molar-refractivity contribution >= 4 is 45.8 Å². The van der Waals surface area contributed by atoms with Crippen molar-refractivity contribution in [2.75, 3.05) is 7.11 Å². The van der Waals surface area contributed by atoms with Gasteiger partial charge in [-0.2, -0.15) is 0 Å². The summed E-state index contributed by atoms with van der Waals surface area (Å²) in [6, 6.07) is 20.5. The molecule has 0 radical (unpaired) electrons. The summed E-state index contributed by atoms with van der Waals surface area (Å²) in [7, 11) is 1.32. The summed E-state index contributed by atoms with van der Waals surface area (Å²) < 4.78 is 7.11. The van der Waals surface area contributed by atoms with Crippen molar-refractivity contribution in [2.45, 2.75) is 13.0 Å². The lowest BCUT2D eigenvalue weighted by atomic mass is 9.96. The average molecular weight is 475 g/mol. The van der Waals surface area contributed by atoms with E-state index in [0.717, 1.165) is 16.3 Å².